The molecule has 0 aromatic carbocycles. The van der Waals surface area contributed by atoms with E-state index in [1.54, 1.807) is 0 Å². The van der Waals surface area contributed by atoms with Crippen molar-refractivity contribution in [1.29, 1.82) is 0 Å². The van der Waals surface area contributed by atoms with Gasteiger partial charge in [-0.2, -0.15) is 0 Å². The normalized spacial score (nSPS) is 6.50. The monoisotopic (exact) mass is 274 g/mol. The van der Waals surface area contributed by atoms with Crippen molar-refractivity contribution in [3.63, 3.8) is 0 Å². The van der Waals surface area contributed by atoms with E-state index in [1.165, 1.54) is 11.3 Å². The van der Waals surface area contributed by atoms with Crippen LogP contribution >= 0.6 is 11.3 Å². The van der Waals surface area contributed by atoms with Crippen LogP contribution in [0.1, 0.15) is 5.56 Å². The summed E-state index contributed by atoms with van der Waals surface area (Å²) in [6.45, 7) is 1.88. The molecule has 0 saturated heterocycles. The molecule has 0 atom stereocenters. The Bertz CT molecular complexity index is 152. The molecule has 0 aliphatic rings. The van der Waals surface area contributed by atoms with Gasteiger partial charge >= 0.3 is 26.2 Å². The first-order valence-electron chi connectivity index (χ1n) is 2.04. The zero-order valence-corrected chi connectivity index (χ0v) is 10.1. The van der Waals surface area contributed by atoms with Gasteiger partial charge in [0, 0.05) is 5.56 Å². The maximum atomic E-state index is 8.78. The predicted molar refractivity (Wildman–Crippen MR) is 30.7 cm³/mol. The first-order valence-corrected chi connectivity index (χ1v) is 2.92. The molecule has 0 aliphatic heterocycles. The van der Waals surface area contributed by atoms with Crippen LogP contribution in [0, 0.1) is 6.92 Å². The summed E-state index contributed by atoms with van der Waals surface area (Å²) in [6.07, 6.45) is 0. The van der Waals surface area contributed by atoms with Gasteiger partial charge in [-0.25, -0.2) is 0 Å². The van der Waals surface area contributed by atoms with E-state index in [4.69, 9.17) is 5.11 Å². The maximum absolute atomic E-state index is 8.78. The van der Waals surface area contributed by atoms with Crippen LogP contribution < -0.4 is 24.8 Å². The third kappa shape index (κ3) is 4.73. The molecule has 0 saturated carbocycles. The van der Waals surface area contributed by atoms with Crippen molar-refractivity contribution in [2.24, 2.45) is 0 Å². The Labute approximate surface area is 95.8 Å². The summed E-state index contributed by atoms with van der Waals surface area (Å²) in [4.78, 5) is 0. The molecule has 5 heteroatoms. The van der Waals surface area contributed by atoms with Gasteiger partial charge in [-0.05, 0) is 18.4 Å². The Morgan fingerprint density at radius 3 is 2.00 bits per heavy atom. The van der Waals surface area contributed by atoms with E-state index in [9.17, 15) is 0 Å². The van der Waals surface area contributed by atoms with Gasteiger partial charge < -0.3 is 29.9 Å². The van der Waals surface area contributed by atoms with Gasteiger partial charge in [0.05, 0.1) is 0 Å². The molecule has 0 radical (unpaired) electrons. The van der Waals surface area contributed by atoms with E-state index in [0.29, 0.717) is 5.06 Å². The van der Waals surface area contributed by atoms with Crippen molar-refractivity contribution < 1.29 is 56.1 Å². The van der Waals surface area contributed by atoms with Crippen molar-refractivity contribution in [3.05, 3.63) is 17.0 Å². The third-order valence-corrected chi connectivity index (χ3v) is 1.65. The number of hydrogen-bond donors (Lipinski definition) is 1. The van der Waals surface area contributed by atoms with E-state index in [0.717, 1.165) is 5.56 Å². The Morgan fingerprint density at radius 2 is 1.90 bits per heavy atom. The minimum Gasteiger partial charge on any atom is -1.00 e. The molecule has 1 aromatic heterocycles. The molecule has 0 aliphatic carbocycles. The number of thiophene rings is 1. The largest absolute Gasteiger partial charge is 2.00 e. The Balaban J connectivity index is -0.000000163. The predicted octanol–water partition coefficient (Wildman–Crippen LogP) is -4.23. The molecule has 0 bridgehead atoms. The molecule has 1 N–H and O–H groups in total. The minimum atomic E-state index is 0. The summed E-state index contributed by atoms with van der Waals surface area (Å²) < 4.78 is 0. The van der Waals surface area contributed by atoms with Crippen LogP contribution in [0.2, 0.25) is 0 Å². The van der Waals surface area contributed by atoms with Crippen molar-refractivity contribution in [3.8, 4) is 5.06 Å². The summed E-state index contributed by atoms with van der Waals surface area (Å²) in [6, 6.07) is 1.89. The molecule has 1 nitrogen and oxygen atoms in total. The van der Waals surface area contributed by atoms with Crippen molar-refractivity contribution >= 4 is 11.3 Å². The molecule has 1 heterocycles. The first kappa shape index (κ1) is 17.2. The molecular formula is C5H6Cl2OSZr. The summed E-state index contributed by atoms with van der Waals surface area (Å²) in [5, 5.41) is 11.1. The maximum Gasteiger partial charge on any atom is 2.00 e. The smallest absolute Gasteiger partial charge is 1.00 e. The van der Waals surface area contributed by atoms with Crippen molar-refractivity contribution in [2.75, 3.05) is 0 Å². The molecular weight excluding hydrogens is 270 g/mol. The second kappa shape index (κ2) is 8.06. The zero-order chi connectivity index (χ0) is 5.28. The number of aryl methyl sites for hydroxylation is 1. The van der Waals surface area contributed by atoms with Crippen LogP contribution in [0.3, 0.4) is 0 Å². The number of rotatable bonds is 0. The van der Waals surface area contributed by atoms with E-state index >= 15 is 0 Å². The van der Waals surface area contributed by atoms with E-state index < -0.39 is 0 Å². The quantitative estimate of drug-likeness (QED) is 0.509. The Kier molecular flexibility index (Phi) is 13.8. The topological polar surface area (TPSA) is 20.2 Å². The SMILES string of the molecule is Cc1ccsc1O.[Cl-].[Cl-].[Zr+2]. The zero-order valence-electron chi connectivity index (χ0n) is 5.27. The molecule has 56 valence electrons. The van der Waals surface area contributed by atoms with Gasteiger partial charge in [0.25, 0.3) is 0 Å². The third-order valence-electron chi connectivity index (χ3n) is 0.835. The molecule has 0 unspecified atom stereocenters. The molecule has 10 heavy (non-hydrogen) atoms. The summed E-state index contributed by atoms with van der Waals surface area (Å²) in [7, 11) is 0. The van der Waals surface area contributed by atoms with E-state index in [2.05, 4.69) is 0 Å². The number of hydrogen-bond acceptors (Lipinski definition) is 2. The van der Waals surface area contributed by atoms with Gasteiger partial charge in [-0.3, -0.25) is 0 Å². The first-order chi connectivity index (χ1) is 3.30. The van der Waals surface area contributed by atoms with E-state index in [1.807, 2.05) is 18.4 Å². The minimum absolute atomic E-state index is 0. The molecule has 0 amide bonds. The average molecular weight is 276 g/mol. The van der Waals surface area contributed by atoms with Gasteiger partial charge in [0.2, 0.25) is 0 Å². The summed E-state index contributed by atoms with van der Waals surface area (Å²) in [5.41, 5.74) is 0.963. The van der Waals surface area contributed by atoms with Crippen molar-refractivity contribution in [1.82, 2.24) is 0 Å². The van der Waals surface area contributed by atoms with Gasteiger partial charge in [0.1, 0.15) is 0 Å². The van der Waals surface area contributed by atoms with Gasteiger partial charge in [0.15, 0.2) is 5.06 Å². The molecule has 0 spiro atoms. The summed E-state index contributed by atoms with van der Waals surface area (Å²) in [5.74, 6) is 0. The van der Waals surface area contributed by atoms with Gasteiger partial charge in [-0.15, -0.1) is 11.3 Å². The second-order valence-electron chi connectivity index (χ2n) is 1.41. The fourth-order valence-electron chi connectivity index (χ4n) is 0.365. The van der Waals surface area contributed by atoms with Crippen LogP contribution in [0.4, 0.5) is 0 Å². The van der Waals surface area contributed by atoms with Crippen LogP contribution in [-0.2, 0) is 26.2 Å². The number of aromatic hydroxyl groups is 1. The average Bonchev–Trinajstić information content (AvgIpc) is 1.91. The van der Waals surface area contributed by atoms with E-state index in [-0.39, 0.29) is 51.0 Å². The van der Waals surface area contributed by atoms with Crippen LogP contribution in [0.25, 0.3) is 0 Å². The Morgan fingerprint density at radius 1 is 1.40 bits per heavy atom. The molecule has 0 fully saturated rings. The van der Waals surface area contributed by atoms with Crippen LogP contribution in [0.5, 0.6) is 5.06 Å². The fraction of sp³-hybridized carbons (Fsp3) is 0.200. The van der Waals surface area contributed by atoms with Crippen LogP contribution in [0.15, 0.2) is 11.4 Å². The van der Waals surface area contributed by atoms with Crippen LogP contribution in [-0.4, -0.2) is 5.11 Å². The molecule has 1 rings (SSSR count). The number of halogens is 2. The standard InChI is InChI=1S/C5H6OS.2ClH.Zr/c1-4-2-3-7-5(4)6;;;/h2-3,6H,1H3;2*1H;/q;;;+2/p-2. The second-order valence-corrected chi connectivity index (χ2v) is 2.30. The van der Waals surface area contributed by atoms with Crippen molar-refractivity contribution in [2.45, 2.75) is 6.92 Å². The Hall–Kier alpha value is 0.963. The van der Waals surface area contributed by atoms with Gasteiger partial charge in [-0.1, -0.05) is 0 Å². The summed E-state index contributed by atoms with van der Waals surface area (Å²) >= 11 is 1.36. The fourth-order valence-corrected chi connectivity index (χ4v) is 1.02. The molecule has 1 aromatic rings.